The van der Waals surface area contributed by atoms with Crippen molar-refractivity contribution in [2.24, 2.45) is 5.92 Å². The summed E-state index contributed by atoms with van der Waals surface area (Å²) in [4.78, 5) is 17.4. The van der Waals surface area contributed by atoms with E-state index in [2.05, 4.69) is 54.9 Å². The van der Waals surface area contributed by atoms with Gasteiger partial charge in [0.05, 0.1) is 0 Å². The maximum absolute atomic E-state index is 11.9. The number of hydrogen-bond acceptors (Lipinski definition) is 4. The van der Waals surface area contributed by atoms with Gasteiger partial charge in [0, 0.05) is 41.0 Å². The number of aryl methyl sites for hydroxylation is 1. The Morgan fingerprint density at radius 3 is 2.44 bits per heavy atom. The lowest BCUT2D eigenvalue weighted by atomic mass is 9.94. The predicted octanol–water partition coefficient (Wildman–Crippen LogP) is 7.09. The van der Waals surface area contributed by atoms with Gasteiger partial charge in [0.15, 0.2) is 5.78 Å². The SMILES string of the molecule is C=C(CCCCC(=O)C1=CCC(C)C=C1)NC.CC.Cc1ccc(CCN2CCCC2)s1. The van der Waals surface area contributed by atoms with Crippen LogP contribution in [0.3, 0.4) is 0 Å². The van der Waals surface area contributed by atoms with Crippen molar-refractivity contribution in [2.45, 2.75) is 79.1 Å². The van der Waals surface area contributed by atoms with Crippen LogP contribution < -0.4 is 5.32 Å². The first-order valence-electron chi connectivity index (χ1n) is 12.5. The summed E-state index contributed by atoms with van der Waals surface area (Å²) in [6, 6.07) is 4.50. The maximum Gasteiger partial charge on any atom is 0.162 e. The molecule has 0 radical (unpaired) electrons. The number of ketones is 1. The van der Waals surface area contributed by atoms with Crippen molar-refractivity contribution in [2.75, 3.05) is 26.7 Å². The molecular formula is C28H46N2OS. The van der Waals surface area contributed by atoms with Crippen LogP contribution in [0.4, 0.5) is 0 Å². The number of carbonyl (C=O) groups is 1. The van der Waals surface area contributed by atoms with Crippen molar-refractivity contribution in [1.82, 2.24) is 10.2 Å². The van der Waals surface area contributed by atoms with E-state index in [0.717, 1.165) is 37.0 Å². The molecule has 1 aliphatic carbocycles. The molecule has 0 amide bonds. The number of unbranched alkanes of at least 4 members (excludes halogenated alkanes) is 1. The highest BCUT2D eigenvalue weighted by Gasteiger charge is 2.11. The Morgan fingerprint density at radius 1 is 1.19 bits per heavy atom. The van der Waals surface area contributed by atoms with E-state index in [-0.39, 0.29) is 5.78 Å². The zero-order valence-electron chi connectivity index (χ0n) is 21.2. The summed E-state index contributed by atoms with van der Waals surface area (Å²) in [5.41, 5.74) is 1.94. The van der Waals surface area contributed by atoms with Crippen LogP contribution in [-0.4, -0.2) is 37.4 Å². The molecule has 1 atom stereocenters. The molecule has 2 aliphatic rings. The van der Waals surface area contributed by atoms with E-state index in [1.54, 1.807) is 4.88 Å². The number of nitrogens with one attached hydrogen (secondary N) is 1. The largest absolute Gasteiger partial charge is 0.392 e. The van der Waals surface area contributed by atoms with Gasteiger partial charge in [0.2, 0.25) is 0 Å². The third kappa shape index (κ3) is 11.8. The third-order valence-electron chi connectivity index (χ3n) is 5.79. The lowest BCUT2D eigenvalue weighted by Crippen LogP contribution is -2.21. The molecule has 0 bridgehead atoms. The molecule has 1 aromatic heterocycles. The number of Topliss-reactive ketones (excluding diaryl/α,β-unsaturated/α-hetero) is 1. The maximum atomic E-state index is 11.9. The van der Waals surface area contributed by atoms with Crippen LogP contribution in [0, 0.1) is 12.8 Å². The van der Waals surface area contributed by atoms with Crippen LogP contribution in [0.25, 0.3) is 0 Å². The first-order valence-corrected chi connectivity index (χ1v) is 13.3. The molecule has 0 aromatic carbocycles. The van der Waals surface area contributed by atoms with Gasteiger partial charge in [-0.3, -0.25) is 4.79 Å². The van der Waals surface area contributed by atoms with Crippen molar-refractivity contribution in [3.8, 4) is 0 Å². The molecule has 1 saturated heterocycles. The Kier molecular flexibility index (Phi) is 15.0. The second-order valence-corrected chi connectivity index (χ2v) is 9.90. The van der Waals surface area contributed by atoms with Crippen molar-refractivity contribution < 1.29 is 4.79 Å². The molecule has 32 heavy (non-hydrogen) atoms. The molecule has 180 valence electrons. The fourth-order valence-corrected chi connectivity index (χ4v) is 4.60. The molecule has 1 fully saturated rings. The predicted molar refractivity (Wildman–Crippen MR) is 142 cm³/mol. The molecule has 0 saturated carbocycles. The quantitative estimate of drug-likeness (QED) is 0.380. The number of carbonyl (C=O) groups excluding carboxylic acids is 1. The summed E-state index contributed by atoms with van der Waals surface area (Å²) >= 11 is 1.94. The topological polar surface area (TPSA) is 32.3 Å². The highest BCUT2D eigenvalue weighted by atomic mass is 32.1. The smallest absolute Gasteiger partial charge is 0.162 e. The van der Waals surface area contributed by atoms with Gasteiger partial charge < -0.3 is 10.2 Å². The number of allylic oxidation sites excluding steroid dienone is 5. The van der Waals surface area contributed by atoms with E-state index in [4.69, 9.17) is 0 Å². The second kappa shape index (κ2) is 16.9. The van der Waals surface area contributed by atoms with E-state index in [9.17, 15) is 4.79 Å². The lowest BCUT2D eigenvalue weighted by Gasteiger charge is -2.12. The summed E-state index contributed by atoms with van der Waals surface area (Å²) in [6.07, 6.45) is 14.8. The monoisotopic (exact) mass is 458 g/mol. The summed E-state index contributed by atoms with van der Waals surface area (Å²) < 4.78 is 0. The van der Waals surface area contributed by atoms with Crippen molar-refractivity contribution in [3.05, 3.63) is 58.0 Å². The van der Waals surface area contributed by atoms with Gasteiger partial charge in [-0.25, -0.2) is 0 Å². The molecule has 2 heterocycles. The molecule has 1 aliphatic heterocycles. The van der Waals surface area contributed by atoms with Crippen molar-refractivity contribution in [3.63, 3.8) is 0 Å². The van der Waals surface area contributed by atoms with Crippen LogP contribution in [0.1, 0.15) is 75.5 Å². The average Bonchev–Trinajstić information content (AvgIpc) is 3.49. The van der Waals surface area contributed by atoms with Gasteiger partial charge in [0.25, 0.3) is 0 Å². The third-order valence-corrected chi connectivity index (χ3v) is 6.85. The Bertz CT molecular complexity index is 726. The van der Waals surface area contributed by atoms with Crippen LogP contribution in [0.15, 0.2) is 48.2 Å². The molecule has 0 spiro atoms. The van der Waals surface area contributed by atoms with Gasteiger partial charge in [-0.2, -0.15) is 0 Å². The fourth-order valence-electron chi connectivity index (χ4n) is 3.72. The number of nitrogens with zero attached hydrogens (tertiary/aromatic N) is 1. The van der Waals surface area contributed by atoms with Crippen LogP contribution in [0.2, 0.25) is 0 Å². The normalized spacial score (nSPS) is 17.5. The van der Waals surface area contributed by atoms with Gasteiger partial charge in [-0.15, -0.1) is 11.3 Å². The molecule has 1 N–H and O–H groups in total. The highest BCUT2D eigenvalue weighted by Crippen LogP contribution is 2.19. The molecule has 3 rings (SSSR count). The van der Waals surface area contributed by atoms with Crippen molar-refractivity contribution in [1.29, 1.82) is 0 Å². The van der Waals surface area contributed by atoms with Crippen molar-refractivity contribution >= 4 is 17.1 Å². The average molecular weight is 459 g/mol. The molecule has 4 heteroatoms. The highest BCUT2D eigenvalue weighted by molar-refractivity contribution is 7.11. The summed E-state index contributed by atoms with van der Waals surface area (Å²) in [7, 11) is 1.88. The Labute approximate surface area is 201 Å². The van der Waals surface area contributed by atoms with E-state index in [0.29, 0.717) is 12.3 Å². The number of hydrogen-bond donors (Lipinski definition) is 1. The minimum absolute atomic E-state index is 0.281. The van der Waals surface area contributed by atoms with E-state index < -0.39 is 0 Å². The summed E-state index contributed by atoms with van der Waals surface area (Å²) in [5.74, 6) is 0.855. The van der Waals surface area contributed by atoms with Gasteiger partial charge in [-0.05, 0) is 83.0 Å². The standard InChI is InChI=1S/C15H23NO.C11H17NS.C2H6/c1-12-8-10-14(11-9-12)15(17)7-5-4-6-13(2)16-3;1-10-4-5-11(13-10)6-9-12-7-2-3-8-12;1-2/h8,10-12,16H,2,4-7,9H2,1,3H3;4-5H,2-3,6-9H2,1H3;1-2H3. The first-order chi connectivity index (χ1) is 15.5. The first kappa shape index (κ1) is 28.4. The second-order valence-electron chi connectivity index (χ2n) is 8.53. The van der Waals surface area contributed by atoms with Crippen LogP contribution in [-0.2, 0) is 11.2 Å². The van der Waals surface area contributed by atoms with E-state index in [1.807, 2.05) is 38.3 Å². The molecule has 3 nitrogen and oxygen atoms in total. The van der Waals surface area contributed by atoms with Gasteiger partial charge >= 0.3 is 0 Å². The fraction of sp³-hybridized carbons (Fsp3) is 0.607. The van der Waals surface area contributed by atoms with Gasteiger partial charge in [-0.1, -0.05) is 45.6 Å². The van der Waals surface area contributed by atoms with E-state index >= 15 is 0 Å². The zero-order chi connectivity index (χ0) is 23.8. The number of rotatable bonds is 10. The Balaban J connectivity index is 0.000000305. The number of likely N-dealkylation sites (tertiary alicyclic amines) is 1. The lowest BCUT2D eigenvalue weighted by molar-refractivity contribution is -0.115. The number of thiophene rings is 1. The molecule has 1 aromatic rings. The van der Waals surface area contributed by atoms with Crippen LogP contribution >= 0.6 is 11.3 Å². The molecular weight excluding hydrogens is 412 g/mol. The van der Waals surface area contributed by atoms with E-state index in [1.165, 1.54) is 43.8 Å². The summed E-state index contributed by atoms with van der Waals surface area (Å²) in [5, 5.41) is 3.02. The Hall–Kier alpha value is -1.65. The summed E-state index contributed by atoms with van der Waals surface area (Å²) in [6.45, 7) is 16.1. The van der Waals surface area contributed by atoms with Crippen LogP contribution in [0.5, 0.6) is 0 Å². The minimum Gasteiger partial charge on any atom is -0.392 e. The minimum atomic E-state index is 0.281. The molecule has 1 unspecified atom stereocenters. The Morgan fingerprint density at radius 2 is 1.88 bits per heavy atom. The van der Waals surface area contributed by atoms with Gasteiger partial charge in [0.1, 0.15) is 0 Å². The zero-order valence-corrected chi connectivity index (χ0v) is 22.0.